The van der Waals surface area contributed by atoms with Gasteiger partial charge in [-0.1, -0.05) is 23.7 Å². The fourth-order valence-electron chi connectivity index (χ4n) is 1.47. The van der Waals surface area contributed by atoms with Crippen molar-refractivity contribution in [1.82, 2.24) is 9.97 Å². The third kappa shape index (κ3) is 2.60. The van der Waals surface area contributed by atoms with E-state index in [4.69, 9.17) is 16.7 Å². The summed E-state index contributed by atoms with van der Waals surface area (Å²) in [6.45, 7) is 1.65. The number of nitrogens with zero attached hydrogens (tertiary/aromatic N) is 2. The number of hydrogen-bond acceptors (Lipinski definition) is 3. The van der Waals surface area contributed by atoms with Gasteiger partial charge in [0.15, 0.2) is 5.69 Å². The third-order valence-corrected chi connectivity index (χ3v) is 2.41. The lowest BCUT2D eigenvalue weighted by Crippen LogP contribution is -2.04. The molecule has 1 heterocycles. The predicted molar refractivity (Wildman–Crippen MR) is 64.2 cm³/mol. The molecule has 86 valence electrons. The number of aryl methyl sites for hydroxylation is 1. The lowest BCUT2D eigenvalue weighted by molar-refractivity contribution is 0.0690. The Labute approximate surface area is 103 Å². The molecule has 2 aromatic rings. The number of aromatic nitrogens is 2. The summed E-state index contributed by atoms with van der Waals surface area (Å²) in [5.41, 5.74) is 1.30. The molecular weight excluding hydrogens is 240 g/mol. The van der Waals surface area contributed by atoms with Gasteiger partial charge in [0.2, 0.25) is 0 Å². The first kappa shape index (κ1) is 11.5. The van der Waals surface area contributed by atoms with Gasteiger partial charge >= 0.3 is 5.97 Å². The monoisotopic (exact) mass is 248 g/mol. The molecule has 1 aromatic heterocycles. The van der Waals surface area contributed by atoms with E-state index in [1.807, 2.05) is 6.07 Å². The molecule has 1 aromatic carbocycles. The first-order valence-electron chi connectivity index (χ1n) is 4.91. The van der Waals surface area contributed by atoms with Gasteiger partial charge in [0.05, 0.1) is 5.69 Å². The number of aromatic carboxylic acids is 1. The first-order chi connectivity index (χ1) is 8.06. The van der Waals surface area contributed by atoms with E-state index in [0.29, 0.717) is 16.5 Å². The average molecular weight is 249 g/mol. The molecule has 0 radical (unpaired) electrons. The van der Waals surface area contributed by atoms with E-state index in [1.165, 1.54) is 6.07 Å². The zero-order chi connectivity index (χ0) is 12.4. The fourth-order valence-corrected chi connectivity index (χ4v) is 1.66. The molecule has 0 fully saturated rings. The minimum atomic E-state index is -1.07. The van der Waals surface area contributed by atoms with Crippen LogP contribution in [0.15, 0.2) is 30.3 Å². The maximum atomic E-state index is 10.9. The Morgan fingerprint density at radius 3 is 2.71 bits per heavy atom. The van der Waals surface area contributed by atoms with Crippen LogP contribution in [0.1, 0.15) is 16.3 Å². The Balaban J connectivity index is 2.56. The molecule has 4 nitrogen and oxygen atoms in total. The zero-order valence-electron chi connectivity index (χ0n) is 9.01. The largest absolute Gasteiger partial charge is 0.477 e. The number of carboxylic acid groups (broad SMARTS) is 1. The molecule has 1 N–H and O–H groups in total. The van der Waals surface area contributed by atoms with Gasteiger partial charge in [0, 0.05) is 10.6 Å². The normalized spacial score (nSPS) is 10.2. The standard InChI is InChI=1S/C12H9ClN2O2/c1-7-14-10(6-11(15-7)12(16)17)8-3-2-4-9(13)5-8/h2-6H,1H3,(H,16,17). The molecule has 0 spiro atoms. The second-order valence-corrected chi connectivity index (χ2v) is 3.94. The van der Waals surface area contributed by atoms with E-state index in [9.17, 15) is 4.79 Å². The summed E-state index contributed by atoms with van der Waals surface area (Å²) < 4.78 is 0. The summed E-state index contributed by atoms with van der Waals surface area (Å²) in [7, 11) is 0. The Bertz CT molecular complexity index is 584. The number of carboxylic acids is 1. The SMILES string of the molecule is Cc1nc(C(=O)O)cc(-c2cccc(Cl)c2)n1. The highest BCUT2D eigenvalue weighted by molar-refractivity contribution is 6.30. The molecule has 17 heavy (non-hydrogen) atoms. The maximum Gasteiger partial charge on any atom is 0.354 e. The molecule has 0 unspecified atom stereocenters. The van der Waals surface area contributed by atoms with Crippen molar-refractivity contribution in [1.29, 1.82) is 0 Å². The number of benzene rings is 1. The molecule has 0 aliphatic carbocycles. The molecule has 0 amide bonds. The summed E-state index contributed by atoms with van der Waals surface area (Å²) in [4.78, 5) is 18.9. The second kappa shape index (κ2) is 4.51. The highest BCUT2D eigenvalue weighted by atomic mass is 35.5. The van der Waals surface area contributed by atoms with Gasteiger partial charge in [-0.05, 0) is 25.1 Å². The Kier molecular flexibility index (Phi) is 3.06. The van der Waals surface area contributed by atoms with Crippen molar-refractivity contribution in [3.63, 3.8) is 0 Å². The Morgan fingerprint density at radius 1 is 1.29 bits per heavy atom. The summed E-state index contributed by atoms with van der Waals surface area (Å²) in [6, 6.07) is 8.52. The minimum absolute atomic E-state index is 0.0209. The maximum absolute atomic E-state index is 10.9. The molecule has 0 aliphatic heterocycles. The van der Waals surface area contributed by atoms with Gasteiger partial charge in [-0.15, -0.1) is 0 Å². The van der Waals surface area contributed by atoms with E-state index in [0.717, 1.165) is 5.56 Å². The zero-order valence-corrected chi connectivity index (χ0v) is 9.77. The Hall–Kier alpha value is -1.94. The fraction of sp³-hybridized carbons (Fsp3) is 0.0833. The summed E-state index contributed by atoms with van der Waals surface area (Å²) in [5, 5.41) is 9.50. The van der Waals surface area contributed by atoms with Crippen molar-refractivity contribution in [3.05, 3.63) is 46.9 Å². The van der Waals surface area contributed by atoms with Gasteiger partial charge in [-0.3, -0.25) is 0 Å². The van der Waals surface area contributed by atoms with Gasteiger partial charge in [0.25, 0.3) is 0 Å². The van der Waals surface area contributed by atoms with Crippen LogP contribution in [-0.4, -0.2) is 21.0 Å². The van der Waals surface area contributed by atoms with Crippen LogP contribution >= 0.6 is 11.6 Å². The summed E-state index contributed by atoms with van der Waals surface area (Å²) in [5.74, 6) is -0.654. The average Bonchev–Trinajstić information content (AvgIpc) is 2.28. The highest BCUT2D eigenvalue weighted by Gasteiger charge is 2.09. The highest BCUT2D eigenvalue weighted by Crippen LogP contribution is 2.21. The smallest absolute Gasteiger partial charge is 0.354 e. The predicted octanol–water partition coefficient (Wildman–Crippen LogP) is 2.80. The van der Waals surface area contributed by atoms with E-state index in [2.05, 4.69) is 9.97 Å². The Morgan fingerprint density at radius 2 is 2.06 bits per heavy atom. The van der Waals surface area contributed by atoms with Crippen LogP contribution in [-0.2, 0) is 0 Å². The molecule has 5 heteroatoms. The number of hydrogen-bond donors (Lipinski definition) is 1. The van der Waals surface area contributed by atoms with Crippen molar-refractivity contribution in [3.8, 4) is 11.3 Å². The van der Waals surface area contributed by atoms with E-state index >= 15 is 0 Å². The molecule has 0 bridgehead atoms. The van der Waals surface area contributed by atoms with Crippen molar-refractivity contribution in [2.75, 3.05) is 0 Å². The van der Waals surface area contributed by atoms with E-state index < -0.39 is 5.97 Å². The van der Waals surface area contributed by atoms with Gasteiger partial charge < -0.3 is 5.11 Å². The topological polar surface area (TPSA) is 63.1 Å². The van der Waals surface area contributed by atoms with Crippen LogP contribution in [0.25, 0.3) is 11.3 Å². The first-order valence-corrected chi connectivity index (χ1v) is 5.29. The van der Waals surface area contributed by atoms with Crippen molar-refractivity contribution in [2.24, 2.45) is 0 Å². The molecule has 0 saturated heterocycles. The van der Waals surface area contributed by atoms with Crippen molar-refractivity contribution < 1.29 is 9.90 Å². The molecule has 0 aliphatic rings. The van der Waals surface area contributed by atoms with Crippen LogP contribution in [0, 0.1) is 6.92 Å². The number of carbonyl (C=O) groups is 1. The molecular formula is C12H9ClN2O2. The van der Waals surface area contributed by atoms with Crippen molar-refractivity contribution >= 4 is 17.6 Å². The third-order valence-electron chi connectivity index (χ3n) is 2.18. The second-order valence-electron chi connectivity index (χ2n) is 3.50. The summed E-state index contributed by atoms with van der Waals surface area (Å²) >= 11 is 5.88. The van der Waals surface area contributed by atoms with Crippen LogP contribution in [0.2, 0.25) is 5.02 Å². The van der Waals surface area contributed by atoms with Crippen LogP contribution in [0.4, 0.5) is 0 Å². The van der Waals surface area contributed by atoms with Crippen molar-refractivity contribution in [2.45, 2.75) is 6.92 Å². The lowest BCUT2D eigenvalue weighted by atomic mass is 10.1. The van der Waals surface area contributed by atoms with Crippen LogP contribution < -0.4 is 0 Å². The molecule has 0 saturated carbocycles. The number of rotatable bonds is 2. The van der Waals surface area contributed by atoms with Crippen LogP contribution in [0.5, 0.6) is 0 Å². The van der Waals surface area contributed by atoms with E-state index in [-0.39, 0.29) is 5.69 Å². The summed E-state index contributed by atoms with van der Waals surface area (Å²) in [6.07, 6.45) is 0. The quantitative estimate of drug-likeness (QED) is 0.888. The van der Waals surface area contributed by atoms with E-state index in [1.54, 1.807) is 25.1 Å². The minimum Gasteiger partial charge on any atom is -0.477 e. The molecule has 2 rings (SSSR count). The molecule has 0 atom stereocenters. The van der Waals surface area contributed by atoms with Gasteiger partial charge in [-0.2, -0.15) is 0 Å². The van der Waals surface area contributed by atoms with Gasteiger partial charge in [0.1, 0.15) is 5.82 Å². The van der Waals surface area contributed by atoms with Gasteiger partial charge in [-0.25, -0.2) is 14.8 Å². The lowest BCUT2D eigenvalue weighted by Gasteiger charge is -2.04. The van der Waals surface area contributed by atoms with Crippen LogP contribution in [0.3, 0.4) is 0 Å². The number of halogens is 1.